The molecular weight excluding hydrogens is 438 g/mol. The topological polar surface area (TPSA) is 115 Å². The summed E-state index contributed by atoms with van der Waals surface area (Å²) in [4.78, 5) is 17.5. The molecule has 0 radical (unpaired) electrons. The van der Waals surface area contributed by atoms with Crippen LogP contribution in [0.3, 0.4) is 0 Å². The first-order valence-electron chi connectivity index (χ1n) is 11.4. The third-order valence-corrected chi connectivity index (χ3v) is 8.55. The number of hydrogen-bond donors (Lipinski definition) is 2. The van der Waals surface area contributed by atoms with Crippen LogP contribution in [0.1, 0.15) is 49.9 Å². The van der Waals surface area contributed by atoms with Gasteiger partial charge < -0.3 is 15.4 Å². The first kappa shape index (κ1) is 22.1. The van der Waals surface area contributed by atoms with Crippen molar-refractivity contribution in [3.8, 4) is 0 Å². The summed E-state index contributed by atoms with van der Waals surface area (Å²) in [5.41, 5.74) is 5.78. The lowest BCUT2D eigenvalue weighted by molar-refractivity contribution is -0.127. The Balaban J connectivity index is 1.58. The first-order chi connectivity index (χ1) is 15.6. The van der Waals surface area contributed by atoms with Crippen LogP contribution in [0.2, 0.25) is 0 Å². The Kier molecular flexibility index (Phi) is 5.14. The van der Waals surface area contributed by atoms with E-state index >= 15 is 0 Å². The number of carbonyl (C=O) groups is 1. The van der Waals surface area contributed by atoms with Gasteiger partial charge in [0.15, 0.2) is 9.84 Å². The zero-order valence-electron chi connectivity index (χ0n) is 18.7. The van der Waals surface area contributed by atoms with Gasteiger partial charge in [0.2, 0.25) is 5.91 Å². The van der Waals surface area contributed by atoms with Crippen LogP contribution in [0.5, 0.6) is 0 Å². The first-order valence-corrected chi connectivity index (χ1v) is 13.3. The van der Waals surface area contributed by atoms with Crippen molar-refractivity contribution >= 4 is 26.8 Å². The van der Waals surface area contributed by atoms with E-state index in [-0.39, 0.29) is 10.8 Å². The average molecular weight is 468 g/mol. The maximum Gasteiger partial charge on any atom is 0.228 e. The number of amides is 1. The summed E-state index contributed by atoms with van der Waals surface area (Å²) in [7, 11) is -3.48. The van der Waals surface area contributed by atoms with E-state index < -0.39 is 20.9 Å². The van der Waals surface area contributed by atoms with E-state index in [2.05, 4.69) is 0 Å². The fourth-order valence-electron chi connectivity index (χ4n) is 5.27. The molecule has 3 N–H and O–H groups in total. The summed E-state index contributed by atoms with van der Waals surface area (Å²) in [5.74, 6) is 0.609. The molecule has 1 heterocycles. The van der Waals surface area contributed by atoms with Gasteiger partial charge in [0, 0.05) is 12.8 Å². The van der Waals surface area contributed by atoms with Crippen LogP contribution in [0, 0.1) is 5.92 Å². The molecule has 0 aliphatic heterocycles. The number of benzene rings is 2. The number of fused-ring (bicyclic) bond motifs is 1. The summed E-state index contributed by atoms with van der Waals surface area (Å²) < 4.78 is 26.8. The van der Waals surface area contributed by atoms with E-state index in [1.807, 2.05) is 41.0 Å². The Morgan fingerprint density at radius 2 is 1.76 bits per heavy atom. The van der Waals surface area contributed by atoms with Gasteiger partial charge in [-0.1, -0.05) is 36.4 Å². The number of sulfone groups is 1. The summed E-state index contributed by atoms with van der Waals surface area (Å²) in [6.07, 6.45) is 4.82. The molecule has 0 unspecified atom stereocenters. The molecular formula is C25H29N3O4S. The minimum absolute atomic E-state index is 0.172. The van der Waals surface area contributed by atoms with Gasteiger partial charge in [0.1, 0.15) is 16.9 Å². The molecule has 33 heavy (non-hydrogen) atoms. The molecule has 2 aliphatic carbocycles. The second-order valence-electron chi connectivity index (χ2n) is 9.73. The minimum atomic E-state index is -3.48. The van der Waals surface area contributed by atoms with Crippen molar-refractivity contribution in [3.05, 3.63) is 59.9 Å². The van der Waals surface area contributed by atoms with Crippen molar-refractivity contribution in [2.45, 2.75) is 61.0 Å². The van der Waals surface area contributed by atoms with Gasteiger partial charge in [-0.3, -0.25) is 4.79 Å². The van der Waals surface area contributed by atoms with E-state index in [9.17, 15) is 18.3 Å². The van der Waals surface area contributed by atoms with Gasteiger partial charge in [-0.25, -0.2) is 13.4 Å². The van der Waals surface area contributed by atoms with Crippen LogP contribution in [-0.2, 0) is 32.2 Å². The monoisotopic (exact) mass is 467 g/mol. The second kappa shape index (κ2) is 7.67. The van der Waals surface area contributed by atoms with Crippen LogP contribution in [0.4, 0.5) is 0 Å². The van der Waals surface area contributed by atoms with Gasteiger partial charge in [0.25, 0.3) is 0 Å². The normalized spacial score (nSPS) is 25.9. The third-order valence-electron chi connectivity index (χ3n) is 7.42. The number of imidazole rings is 1. The number of aromatic nitrogens is 2. The van der Waals surface area contributed by atoms with Gasteiger partial charge in [-0.2, -0.15) is 0 Å². The quantitative estimate of drug-likeness (QED) is 0.578. The van der Waals surface area contributed by atoms with E-state index in [0.717, 1.165) is 23.9 Å². The summed E-state index contributed by atoms with van der Waals surface area (Å²) in [6, 6.07) is 14.7. The Labute approximate surface area is 193 Å². The number of carbonyl (C=O) groups excluding carboxylic acids is 1. The standard InChI is InChI=1S/C25H29N3O4S/c1-33(31,32)20-9-5-8-19-21(20)27-23(28(19)16-17-10-11-17)25(30)14-12-24(13-15-25,22(26)29)18-6-3-2-4-7-18/h2-9,17,30H,10-16H2,1H3,(H2,26,29). The van der Waals surface area contributed by atoms with Crippen molar-refractivity contribution in [3.63, 3.8) is 0 Å². The van der Waals surface area contributed by atoms with E-state index in [1.165, 1.54) is 6.26 Å². The number of hydrogen-bond acceptors (Lipinski definition) is 5. The Bertz CT molecular complexity index is 1320. The Morgan fingerprint density at radius 1 is 1.09 bits per heavy atom. The molecule has 0 atom stereocenters. The lowest BCUT2D eigenvalue weighted by Crippen LogP contribution is -2.48. The van der Waals surface area contributed by atoms with Crippen molar-refractivity contribution in [1.82, 2.24) is 9.55 Å². The third kappa shape index (κ3) is 3.75. The number of para-hydroxylation sites is 1. The van der Waals surface area contributed by atoms with Crippen LogP contribution < -0.4 is 5.73 Å². The number of rotatable bonds is 6. The molecule has 0 spiro atoms. The van der Waals surface area contributed by atoms with E-state index in [4.69, 9.17) is 10.7 Å². The molecule has 2 aromatic carbocycles. The molecule has 2 saturated carbocycles. The van der Waals surface area contributed by atoms with Gasteiger partial charge in [-0.15, -0.1) is 0 Å². The maximum absolute atomic E-state index is 12.6. The molecule has 1 aromatic heterocycles. The highest BCUT2D eigenvalue weighted by molar-refractivity contribution is 7.91. The molecule has 0 saturated heterocycles. The van der Waals surface area contributed by atoms with Gasteiger partial charge in [0.05, 0.1) is 15.8 Å². The van der Waals surface area contributed by atoms with E-state index in [1.54, 1.807) is 12.1 Å². The summed E-state index contributed by atoms with van der Waals surface area (Å²) >= 11 is 0. The Morgan fingerprint density at radius 3 is 2.33 bits per heavy atom. The molecule has 0 bridgehead atoms. The van der Waals surface area contributed by atoms with Crippen molar-refractivity contribution < 1.29 is 18.3 Å². The predicted molar refractivity (Wildman–Crippen MR) is 125 cm³/mol. The lowest BCUT2D eigenvalue weighted by Gasteiger charge is -2.42. The van der Waals surface area contributed by atoms with Crippen molar-refractivity contribution in [2.75, 3.05) is 6.26 Å². The van der Waals surface area contributed by atoms with Crippen LogP contribution in [-0.4, -0.2) is 35.2 Å². The maximum atomic E-state index is 12.6. The molecule has 2 aliphatic rings. The average Bonchev–Trinajstić information content (AvgIpc) is 3.53. The molecule has 5 rings (SSSR count). The number of primary amides is 1. The van der Waals surface area contributed by atoms with Crippen molar-refractivity contribution in [2.24, 2.45) is 11.7 Å². The van der Waals surface area contributed by atoms with Crippen LogP contribution >= 0.6 is 0 Å². The number of aliphatic hydroxyl groups is 1. The second-order valence-corrected chi connectivity index (χ2v) is 11.7. The minimum Gasteiger partial charge on any atom is -0.382 e. The number of nitrogens with two attached hydrogens (primary N) is 1. The Hall–Kier alpha value is -2.71. The SMILES string of the molecule is CS(=O)(=O)c1cccc2c1nc(C1(O)CCC(C(N)=O)(c3ccccc3)CC1)n2CC1CC1. The molecule has 174 valence electrons. The van der Waals surface area contributed by atoms with E-state index in [0.29, 0.717) is 49.5 Å². The highest BCUT2D eigenvalue weighted by Gasteiger charge is 2.49. The van der Waals surface area contributed by atoms with Crippen LogP contribution in [0.25, 0.3) is 11.0 Å². The lowest BCUT2D eigenvalue weighted by atomic mass is 9.64. The molecule has 1 amide bonds. The highest BCUT2D eigenvalue weighted by atomic mass is 32.2. The summed E-state index contributed by atoms with van der Waals surface area (Å²) in [5, 5.41) is 11.8. The molecule has 7 nitrogen and oxygen atoms in total. The van der Waals surface area contributed by atoms with Crippen molar-refractivity contribution in [1.29, 1.82) is 0 Å². The van der Waals surface area contributed by atoms with Gasteiger partial charge >= 0.3 is 0 Å². The summed E-state index contributed by atoms with van der Waals surface area (Å²) in [6.45, 7) is 0.695. The molecule has 2 fully saturated rings. The zero-order chi connectivity index (χ0) is 23.4. The predicted octanol–water partition coefficient (Wildman–Crippen LogP) is 3.03. The van der Waals surface area contributed by atoms with Gasteiger partial charge in [-0.05, 0) is 62.1 Å². The molecule has 8 heteroatoms. The largest absolute Gasteiger partial charge is 0.382 e. The fraction of sp³-hybridized carbons (Fsp3) is 0.440. The number of nitrogens with zero attached hydrogens (tertiary/aromatic N) is 2. The highest BCUT2D eigenvalue weighted by Crippen LogP contribution is 2.48. The molecule has 3 aromatic rings. The van der Waals surface area contributed by atoms with Crippen LogP contribution in [0.15, 0.2) is 53.4 Å². The zero-order valence-corrected chi connectivity index (χ0v) is 19.5. The fourth-order valence-corrected chi connectivity index (χ4v) is 6.09. The smallest absolute Gasteiger partial charge is 0.228 e.